The smallest absolute Gasteiger partial charge is 0.124 e. The van der Waals surface area contributed by atoms with Crippen molar-refractivity contribution in [3.63, 3.8) is 0 Å². The Labute approximate surface area is 96.7 Å². The fourth-order valence-electron chi connectivity index (χ4n) is 0.972. The molecule has 2 unspecified atom stereocenters. The fraction of sp³-hybridized carbons (Fsp3) is 0.400. The summed E-state index contributed by atoms with van der Waals surface area (Å²) in [7, 11) is 0. The highest BCUT2D eigenvalue weighted by molar-refractivity contribution is 14.1. The molecule has 0 heterocycles. The summed E-state index contributed by atoms with van der Waals surface area (Å²) < 4.78 is 13.6. The maximum atomic E-state index is 12.8. The average Bonchev–Trinajstić information content (AvgIpc) is 2.09. The molecule has 2 N–H and O–H groups in total. The number of rotatable bonds is 3. The number of anilines is 1. The van der Waals surface area contributed by atoms with Gasteiger partial charge in [0, 0.05) is 15.3 Å². The van der Waals surface area contributed by atoms with E-state index in [9.17, 15) is 9.50 Å². The van der Waals surface area contributed by atoms with Crippen LogP contribution in [0.5, 0.6) is 0 Å². The minimum absolute atomic E-state index is 0.0472. The second-order valence-electron chi connectivity index (χ2n) is 3.30. The first kappa shape index (κ1) is 11.7. The Bertz CT molecular complexity index is 317. The minimum Gasteiger partial charge on any atom is -0.391 e. The molecule has 0 aliphatic heterocycles. The number of halogens is 2. The molecule has 0 aliphatic carbocycles. The van der Waals surface area contributed by atoms with E-state index >= 15 is 0 Å². The monoisotopic (exact) mass is 309 g/mol. The summed E-state index contributed by atoms with van der Waals surface area (Å²) in [6.07, 6.45) is -0.434. The van der Waals surface area contributed by atoms with Gasteiger partial charge in [0.05, 0.1) is 6.10 Å². The molecule has 0 bridgehead atoms. The summed E-state index contributed by atoms with van der Waals surface area (Å²) in [5, 5.41) is 12.4. The van der Waals surface area contributed by atoms with Gasteiger partial charge >= 0.3 is 0 Å². The highest BCUT2D eigenvalue weighted by Crippen LogP contribution is 2.20. The number of hydrogen-bond donors (Lipinski definition) is 2. The summed E-state index contributed by atoms with van der Waals surface area (Å²) in [6, 6.07) is 4.49. The summed E-state index contributed by atoms with van der Waals surface area (Å²) in [5.41, 5.74) is 0.848. The van der Waals surface area contributed by atoms with Crippen LogP contribution in [0.25, 0.3) is 0 Å². The van der Waals surface area contributed by atoms with Gasteiger partial charge in [-0.2, -0.15) is 0 Å². The van der Waals surface area contributed by atoms with Crippen LogP contribution < -0.4 is 5.32 Å². The van der Waals surface area contributed by atoms with E-state index in [2.05, 4.69) is 27.9 Å². The topological polar surface area (TPSA) is 32.3 Å². The van der Waals surface area contributed by atoms with Gasteiger partial charge in [-0.25, -0.2) is 4.39 Å². The van der Waals surface area contributed by atoms with E-state index in [-0.39, 0.29) is 11.9 Å². The molecule has 0 aliphatic rings. The standard InChI is InChI=1S/C10H13FINO/c1-6(7(2)14)13-10-4-3-8(11)5-9(10)12/h3-7,13-14H,1-2H3. The first-order chi connectivity index (χ1) is 6.50. The lowest BCUT2D eigenvalue weighted by atomic mass is 10.2. The van der Waals surface area contributed by atoms with Crippen molar-refractivity contribution in [3.05, 3.63) is 27.6 Å². The first-order valence-electron chi connectivity index (χ1n) is 4.40. The average molecular weight is 309 g/mol. The number of hydrogen-bond acceptors (Lipinski definition) is 2. The molecule has 0 aromatic heterocycles. The lowest BCUT2D eigenvalue weighted by Crippen LogP contribution is -2.28. The highest BCUT2D eigenvalue weighted by atomic mass is 127. The molecule has 2 nitrogen and oxygen atoms in total. The van der Waals surface area contributed by atoms with Crippen molar-refractivity contribution in [1.82, 2.24) is 0 Å². The number of benzene rings is 1. The van der Waals surface area contributed by atoms with Crippen LogP contribution in [0.3, 0.4) is 0 Å². The molecule has 0 amide bonds. The van der Waals surface area contributed by atoms with Crippen LogP contribution in [-0.4, -0.2) is 17.3 Å². The Morgan fingerprint density at radius 3 is 2.57 bits per heavy atom. The van der Waals surface area contributed by atoms with Gasteiger partial charge in [-0.3, -0.25) is 0 Å². The molecule has 1 rings (SSSR count). The molecule has 0 fully saturated rings. The first-order valence-corrected chi connectivity index (χ1v) is 5.48. The lowest BCUT2D eigenvalue weighted by Gasteiger charge is -2.18. The maximum Gasteiger partial charge on any atom is 0.124 e. The third-order valence-corrected chi connectivity index (χ3v) is 2.93. The lowest BCUT2D eigenvalue weighted by molar-refractivity contribution is 0.178. The van der Waals surface area contributed by atoms with Gasteiger partial charge in [0.15, 0.2) is 0 Å². The second-order valence-corrected chi connectivity index (χ2v) is 4.46. The Hall–Kier alpha value is -0.360. The predicted molar refractivity (Wildman–Crippen MR) is 63.9 cm³/mol. The number of aliphatic hydroxyl groups is 1. The minimum atomic E-state index is -0.434. The van der Waals surface area contributed by atoms with Crippen molar-refractivity contribution < 1.29 is 9.50 Å². The van der Waals surface area contributed by atoms with Crippen LogP contribution in [0.15, 0.2) is 18.2 Å². The molecular weight excluding hydrogens is 296 g/mol. The van der Waals surface area contributed by atoms with E-state index < -0.39 is 6.10 Å². The summed E-state index contributed by atoms with van der Waals surface area (Å²) >= 11 is 2.06. The molecule has 0 saturated heterocycles. The zero-order chi connectivity index (χ0) is 10.7. The van der Waals surface area contributed by atoms with Crippen LogP contribution in [0.2, 0.25) is 0 Å². The Morgan fingerprint density at radius 2 is 2.07 bits per heavy atom. The number of aliphatic hydroxyl groups excluding tert-OH is 1. The van der Waals surface area contributed by atoms with Gasteiger partial charge in [0.25, 0.3) is 0 Å². The van der Waals surface area contributed by atoms with E-state index in [1.807, 2.05) is 6.92 Å². The largest absolute Gasteiger partial charge is 0.391 e. The van der Waals surface area contributed by atoms with Gasteiger partial charge < -0.3 is 10.4 Å². The predicted octanol–water partition coefficient (Wildman–Crippen LogP) is 2.61. The Balaban J connectivity index is 2.77. The SMILES string of the molecule is CC(O)C(C)Nc1ccc(F)cc1I. The van der Waals surface area contributed by atoms with Crippen LogP contribution in [0.4, 0.5) is 10.1 Å². The summed E-state index contributed by atoms with van der Waals surface area (Å²) in [4.78, 5) is 0. The molecule has 2 atom stereocenters. The third-order valence-electron chi connectivity index (χ3n) is 2.04. The normalized spacial score (nSPS) is 14.9. The van der Waals surface area contributed by atoms with Crippen LogP contribution >= 0.6 is 22.6 Å². The summed E-state index contributed by atoms with van der Waals surface area (Å²) in [5.74, 6) is -0.246. The van der Waals surface area contributed by atoms with E-state index in [1.165, 1.54) is 12.1 Å². The van der Waals surface area contributed by atoms with Crippen molar-refractivity contribution in [2.75, 3.05) is 5.32 Å². The maximum absolute atomic E-state index is 12.8. The zero-order valence-electron chi connectivity index (χ0n) is 8.09. The molecule has 0 spiro atoms. The van der Waals surface area contributed by atoms with Gasteiger partial charge in [-0.05, 0) is 54.6 Å². The molecule has 78 valence electrons. The molecule has 4 heteroatoms. The van der Waals surface area contributed by atoms with Gasteiger partial charge in [-0.1, -0.05) is 0 Å². The van der Waals surface area contributed by atoms with Crippen molar-refractivity contribution in [3.8, 4) is 0 Å². The quantitative estimate of drug-likeness (QED) is 0.841. The van der Waals surface area contributed by atoms with Gasteiger partial charge in [0.2, 0.25) is 0 Å². The Morgan fingerprint density at radius 1 is 1.43 bits per heavy atom. The van der Waals surface area contributed by atoms with Crippen molar-refractivity contribution in [2.45, 2.75) is 26.0 Å². The molecular formula is C10H13FINO. The Kier molecular flexibility index (Phi) is 4.12. The molecule has 1 aromatic carbocycles. The van der Waals surface area contributed by atoms with Gasteiger partial charge in [0.1, 0.15) is 5.82 Å². The highest BCUT2D eigenvalue weighted by Gasteiger charge is 2.09. The second kappa shape index (κ2) is 4.93. The van der Waals surface area contributed by atoms with E-state index in [0.717, 1.165) is 9.26 Å². The van der Waals surface area contributed by atoms with Crippen molar-refractivity contribution >= 4 is 28.3 Å². The van der Waals surface area contributed by atoms with Crippen LogP contribution in [0, 0.1) is 9.39 Å². The molecule has 1 aromatic rings. The van der Waals surface area contributed by atoms with E-state index in [0.29, 0.717) is 0 Å². The molecule has 14 heavy (non-hydrogen) atoms. The van der Waals surface area contributed by atoms with E-state index in [1.54, 1.807) is 13.0 Å². The zero-order valence-corrected chi connectivity index (χ0v) is 10.2. The van der Waals surface area contributed by atoms with Crippen LogP contribution in [-0.2, 0) is 0 Å². The number of nitrogens with one attached hydrogen (secondary N) is 1. The van der Waals surface area contributed by atoms with Gasteiger partial charge in [-0.15, -0.1) is 0 Å². The van der Waals surface area contributed by atoms with Crippen molar-refractivity contribution in [1.29, 1.82) is 0 Å². The third kappa shape index (κ3) is 3.09. The van der Waals surface area contributed by atoms with Crippen molar-refractivity contribution in [2.24, 2.45) is 0 Å². The summed E-state index contributed by atoms with van der Waals surface area (Å²) in [6.45, 7) is 3.60. The molecule has 0 radical (unpaired) electrons. The van der Waals surface area contributed by atoms with Crippen LogP contribution in [0.1, 0.15) is 13.8 Å². The van der Waals surface area contributed by atoms with E-state index in [4.69, 9.17) is 0 Å². The molecule has 0 saturated carbocycles. The fourth-order valence-corrected chi connectivity index (χ4v) is 1.61.